The Kier molecular flexibility index (Phi) is 5.16. The van der Waals surface area contributed by atoms with Gasteiger partial charge < -0.3 is 5.11 Å². The summed E-state index contributed by atoms with van der Waals surface area (Å²) in [7, 11) is 0. The molecule has 0 amide bonds. The Morgan fingerprint density at radius 1 is 1.35 bits per heavy atom. The summed E-state index contributed by atoms with van der Waals surface area (Å²) < 4.78 is 0. The van der Waals surface area contributed by atoms with Gasteiger partial charge in [0.2, 0.25) is 0 Å². The van der Waals surface area contributed by atoms with E-state index in [1.807, 2.05) is 4.90 Å². The Morgan fingerprint density at radius 3 is 2.65 bits per heavy atom. The van der Waals surface area contributed by atoms with E-state index in [1.165, 1.54) is 16.7 Å². The largest absolute Gasteiger partial charge is 0.480 e. The van der Waals surface area contributed by atoms with Gasteiger partial charge in [0.05, 0.1) is 6.54 Å². The van der Waals surface area contributed by atoms with Gasteiger partial charge in [0.15, 0.2) is 0 Å². The summed E-state index contributed by atoms with van der Waals surface area (Å²) in [6.07, 6.45) is 0.970. The molecule has 0 aliphatic rings. The minimum Gasteiger partial charge on any atom is -0.480 e. The molecule has 0 aliphatic heterocycles. The van der Waals surface area contributed by atoms with Crippen LogP contribution in [-0.4, -0.2) is 29.1 Å². The molecule has 3 heteroatoms. The number of aryl methyl sites for hydroxylation is 2. The number of carbonyl (C=O) groups is 1. The molecule has 1 rings (SSSR count). The van der Waals surface area contributed by atoms with Gasteiger partial charge >= 0.3 is 5.97 Å². The van der Waals surface area contributed by atoms with E-state index < -0.39 is 5.97 Å². The van der Waals surface area contributed by atoms with E-state index in [1.54, 1.807) is 0 Å². The molecule has 0 atom stereocenters. The summed E-state index contributed by atoms with van der Waals surface area (Å²) in [5, 5.41) is 8.87. The SMILES string of the molecule is CCCN(CC(=O)O)Cc1cc(C)ccc1C. The van der Waals surface area contributed by atoms with Crippen LogP contribution >= 0.6 is 0 Å². The van der Waals surface area contributed by atoms with Crippen molar-refractivity contribution in [2.75, 3.05) is 13.1 Å². The molecule has 3 nitrogen and oxygen atoms in total. The first kappa shape index (κ1) is 13.7. The fourth-order valence-corrected chi connectivity index (χ4v) is 1.93. The lowest BCUT2D eigenvalue weighted by Crippen LogP contribution is -2.30. The predicted molar refractivity (Wildman–Crippen MR) is 69.1 cm³/mol. The summed E-state index contributed by atoms with van der Waals surface area (Å²) in [5.41, 5.74) is 3.67. The van der Waals surface area contributed by atoms with Crippen molar-refractivity contribution in [1.29, 1.82) is 0 Å². The fraction of sp³-hybridized carbons (Fsp3) is 0.500. The smallest absolute Gasteiger partial charge is 0.317 e. The summed E-state index contributed by atoms with van der Waals surface area (Å²) in [4.78, 5) is 12.8. The van der Waals surface area contributed by atoms with E-state index in [2.05, 4.69) is 39.0 Å². The average molecular weight is 235 g/mol. The maximum absolute atomic E-state index is 10.8. The third-order valence-electron chi connectivity index (χ3n) is 2.80. The number of hydrogen-bond donors (Lipinski definition) is 1. The molecule has 17 heavy (non-hydrogen) atoms. The molecule has 0 fully saturated rings. The lowest BCUT2D eigenvalue weighted by molar-refractivity contribution is -0.138. The fourth-order valence-electron chi connectivity index (χ4n) is 1.93. The maximum atomic E-state index is 10.8. The summed E-state index contributed by atoms with van der Waals surface area (Å²) >= 11 is 0. The third-order valence-corrected chi connectivity index (χ3v) is 2.80. The molecule has 0 saturated heterocycles. The first-order valence-electron chi connectivity index (χ1n) is 6.03. The van der Waals surface area contributed by atoms with Crippen molar-refractivity contribution in [2.24, 2.45) is 0 Å². The first-order chi connectivity index (χ1) is 8.02. The van der Waals surface area contributed by atoms with Crippen LogP contribution in [-0.2, 0) is 11.3 Å². The van der Waals surface area contributed by atoms with Crippen LogP contribution in [0.3, 0.4) is 0 Å². The van der Waals surface area contributed by atoms with Crippen molar-refractivity contribution in [1.82, 2.24) is 4.90 Å². The van der Waals surface area contributed by atoms with Crippen molar-refractivity contribution in [3.05, 3.63) is 34.9 Å². The summed E-state index contributed by atoms with van der Waals surface area (Å²) in [6.45, 7) is 7.84. The zero-order chi connectivity index (χ0) is 12.8. The molecule has 1 aromatic carbocycles. The van der Waals surface area contributed by atoms with Crippen molar-refractivity contribution in [3.8, 4) is 0 Å². The molecule has 0 saturated carbocycles. The highest BCUT2D eigenvalue weighted by atomic mass is 16.4. The second kappa shape index (κ2) is 6.40. The van der Waals surface area contributed by atoms with Crippen LogP contribution in [0.2, 0.25) is 0 Å². The lowest BCUT2D eigenvalue weighted by Gasteiger charge is -2.20. The van der Waals surface area contributed by atoms with Gasteiger partial charge in [-0.2, -0.15) is 0 Å². The van der Waals surface area contributed by atoms with Gasteiger partial charge in [-0.15, -0.1) is 0 Å². The Bertz CT molecular complexity index is 388. The van der Waals surface area contributed by atoms with E-state index in [9.17, 15) is 4.79 Å². The highest BCUT2D eigenvalue weighted by Crippen LogP contribution is 2.13. The van der Waals surface area contributed by atoms with Crippen LogP contribution in [0.1, 0.15) is 30.0 Å². The minimum atomic E-state index is -0.760. The normalized spacial score (nSPS) is 10.8. The molecule has 1 N–H and O–H groups in total. The monoisotopic (exact) mass is 235 g/mol. The molecule has 0 radical (unpaired) electrons. The van der Waals surface area contributed by atoms with Gasteiger partial charge in [0, 0.05) is 6.54 Å². The van der Waals surface area contributed by atoms with E-state index in [4.69, 9.17) is 5.11 Å². The lowest BCUT2D eigenvalue weighted by atomic mass is 10.1. The Hall–Kier alpha value is -1.35. The first-order valence-corrected chi connectivity index (χ1v) is 6.03. The number of rotatable bonds is 6. The molecular weight excluding hydrogens is 214 g/mol. The number of nitrogens with zero attached hydrogens (tertiary/aromatic N) is 1. The van der Waals surface area contributed by atoms with Crippen LogP contribution in [0.25, 0.3) is 0 Å². The van der Waals surface area contributed by atoms with E-state index in [0.29, 0.717) is 6.54 Å². The molecule has 0 heterocycles. The maximum Gasteiger partial charge on any atom is 0.317 e. The number of carboxylic acid groups (broad SMARTS) is 1. The zero-order valence-corrected chi connectivity index (χ0v) is 10.9. The second-order valence-electron chi connectivity index (χ2n) is 4.53. The van der Waals surface area contributed by atoms with Crippen molar-refractivity contribution in [3.63, 3.8) is 0 Å². The van der Waals surface area contributed by atoms with E-state index >= 15 is 0 Å². The summed E-state index contributed by atoms with van der Waals surface area (Å²) in [6, 6.07) is 6.32. The number of aliphatic carboxylic acids is 1. The Balaban J connectivity index is 2.77. The standard InChI is InChI=1S/C14H21NO2/c1-4-7-15(10-14(16)17)9-13-8-11(2)5-6-12(13)3/h5-6,8H,4,7,9-10H2,1-3H3,(H,16,17). The number of carboxylic acids is 1. The van der Waals surface area contributed by atoms with Crippen LogP contribution in [0.5, 0.6) is 0 Å². The van der Waals surface area contributed by atoms with Crippen molar-refractivity contribution in [2.45, 2.75) is 33.7 Å². The highest BCUT2D eigenvalue weighted by molar-refractivity contribution is 5.69. The molecule has 0 aliphatic carbocycles. The number of hydrogen-bond acceptors (Lipinski definition) is 2. The molecule has 0 bridgehead atoms. The van der Waals surface area contributed by atoms with Gasteiger partial charge in [0.1, 0.15) is 0 Å². The van der Waals surface area contributed by atoms with E-state index in [0.717, 1.165) is 13.0 Å². The van der Waals surface area contributed by atoms with Crippen LogP contribution in [0, 0.1) is 13.8 Å². The van der Waals surface area contributed by atoms with Crippen LogP contribution in [0.4, 0.5) is 0 Å². The Morgan fingerprint density at radius 2 is 2.06 bits per heavy atom. The topological polar surface area (TPSA) is 40.5 Å². The quantitative estimate of drug-likeness (QED) is 0.824. The van der Waals surface area contributed by atoms with Gasteiger partial charge in [-0.05, 0) is 37.9 Å². The van der Waals surface area contributed by atoms with Gasteiger partial charge in [-0.1, -0.05) is 30.7 Å². The molecule has 0 aromatic heterocycles. The molecule has 1 aromatic rings. The zero-order valence-electron chi connectivity index (χ0n) is 10.9. The number of benzene rings is 1. The van der Waals surface area contributed by atoms with Crippen molar-refractivity contribution >= 4 is 5.97 Å². The van der Waals surface area contributed by atoms with Gasteiger partial charge in [-0.25, -0.2) is 0 Å². The van der Waals surface area contributed by atoms with Crippen molar-refractivity contribution < 1.29 is 9.90 Å². The predicted octanol–water partition coefficient (Wildman–Crippen LogP) is 2.60. The minimum absolute atomic E-state index is 0.112. The Labute approximate surface area is 103 Å². The van der Waals surface area contributed by atoms with Crippen LogP contribution in [0.15, 0.2) is 18.2 Å². The molecular formula is C14H21NO2. The van der Waals surface area contributed by atoms with Crippen LogP contribution < -0.4 is 0 Å². The van der Waals surface area contributed by atoms with Gasteiger partial charge in [-0.3, -0.25) is 9.69 Å². The molecule has 0 spiro atoms. The summed E-state index contributed by atoms with van der Waals surface area (Å²) in [5.74, 6) is -0.760. The van der Waals surface area contributed by atoms with E-state index in [-0.39, 0.29) is 6.54 Å². The highest BCUT2D eigenvalue weighted by Gasteiger charge is 2.10. The van der Waals surface area contributed by atoms with Gasteiger partial charge in [0.25, 0.3) is 0 Å². The molecule has 94 valence electrons. The average Bonchev–Trinajstić information content (AvgIpc) is 2.23. The second-order valence-corrected chi connectivity index (χ2v) is 4.53. The molecule has 0 unspecified atom stereocenters. The third kappa shape index (κ3) is 4.57.